The predicted octanol–water partition coefficient (Wildman–Crippen LogP) is 2.44. The van der Waals surface area contributed by atoms with Crippen molar-refractivity contribution in [2.75, 3.05) is 35.4 Å². The van der Waals surface area contributed by atoms with Crippen molar-refractivity contribution < 1.29 is 17.9 Å². The van der Waals surface area contributed by atoms with E-state index in [0.29, 0.717) is 19.0 Å². The minimum atomic E-state index is -3.43. The molecule has 0 aliphatic carbocycles. The van der Waals surface area contributed by atoms with E-state index in [-0.39, 0.29) is 28.9 Å². The van der Waals surface area contributed by atoms with E-state index < -0.39 is 10.0 Å². The Balaban J connectivity index is 0.00000450. The first-order valence-corrected chi connectivity index (χ1v) is 10.5. The van der Waals surface area contributed by atoms with Crippen LogP contribution in [0.2, 0.25) is 0 Å². The molecule has 0 unspecified atom stereocenters. The quantitative estimate of drug-likeness (QED) is 0.299. The van der Waals surface area contributed by atoms with Gasteiger partial charge >= 0.3 is 0 Å². The van der Waals surface area contributed by atoms with E-state index in [1.165, 1.54) is 7.05 Å². The van der Waals surface area contributed by atoms with Gasteiger partial charge in [0.05, 0.1) is 19.1 Å². The molecule has 0 saturated heterocycles. The van der Waals surface area contributed by atoms with Crippen LogP contribution in [0, 0.1) is 0 Å². The van der Waals surface area contributed by atoms with Gasteiger partial charge in [0.1, 0.15) is 11.5 Å². The highest BCUT2D eigenvalue weighted by Gasteiger charge is 2.13. The summed E-state index contributed by atoms with van der Waals surface area (Å²) in [4.78, 5) is 6.53. The number of sulfonamides is 1. The smallest absolute Gasteiger partial charge is 0.240 e. The second-order valence-electron chi connectivity index (χ2n) is 6.29. The van der Waals surface area contributed by atoms with E-state index in [1.54, 1.807) is 45.5 Å². The van der Waals surface area contributed by atoms with Gasteiger partial charge in [-0.15, -0.1) is 24.0 Å². The SMILES string of the molecule is CN=C(NCc1ccc(S(=O)(=O)NC)cc1)N(C)Cc1ccc(OC)cc1OC.I. The normalized spacial score (nSPS) is 11.4. The van der Waals surface area contributed by atoms with Crippen molar-refractivity contribution in [2.24, 2.45) is 4.99 Å². The molecule has 0 radical (unpaired) electrons. The van der Waals surface area contributed by atoms with Crippen molar-refractivity contribution in [1.29, 1.82) is 0 Å². The summed E-state index contributed by atoms with van der Waals surface area (Å²) in [5, 5.41) is 3.28. The number of nitrogens with zero attached hydrogens (tertiary/aromatic N) is 2. The predicted molar refractivity (Wildman–Crippen MR) is 129 cm³/mol. The Bertz CT molecular complexity index is 950. The third kappa shape index (κ3) is 6.74. The topological polar surface area (TPSA) is 92.3 Å². The highest BCUT2D eigenvalue weighted by Crippen LogP contribution is 2.25. The molecule has 0 fully saturated rings. The van der Waals surface area contributed by atoms with Gasteiger partial charge in [0, 0.05) is 38.8 Å². The molecule has 10 heteroatoms. The molecule has 166 valence electrons. The maximum atomic E-state index is 11.8. The first kappa shape index (κ1) is 26.0. The van der Waals surface area contributed by atoms with E-state index in [0.717, 1.165) is 22.6 Å². The summed E-state index contributed by atoms with van der Waals surface area (Å²) in [5.41, 5.74) is 1.94. The Morgan fingerprint density at radius 1 is 1.10 bits per heavy atom. The lowest BCUT2D eigenvalue weighted by molar-refractivity contribution is 0.382. The van der Waals surface area contributed by atoms with Gasteiger partial charge in [-0.1, -0.05) is 12.1 Å². The lowest BCUT2D eigenvalue weighted by atomic mass is 10.2. The number of benzene rings is 2. The first-order chi connectivity index (χ1) is 13.8. The average molecular weight is 548 g/mol. The average Bonchev–Trinajstić information content (AvgIpc) is 2.74. The molecule has 0 bridgehead atoms. The van der Waals surface area contributed by atoms with E-state index in [9.17, 15) is 8.42 Å². The fourth-order valence-corrected chi connectivity index (χ4v) is 3.51. The summed E-state index contributed by atoms with van der Waals surface area (Å²) in [7, 11) is 4.85. The van der Waals surface area contributed by atoms with Crippen LogP contribution in [0.5, 0.6) is 11.5 Å². The second-order valence-corrected chi connectivity index (χ2v) is 8.17. The number of guanidine groups is 1. The molecule has 0 aromatic heterocycles. The molecular weight excluding hydrogens is 519 g/mol. The molecule has 0 saturated carbocycles. The Labute approximate surface area is 195 Å². The van der Waals surface area contributed by atoms with Crippen LogP contribution in [-0.2, 0) is 23.1 Å². The van der Waals surface area contributed by atoms with Gasteiger partial charge in [-0.3, -0.25) is 4.99 Å². The number of nitrogens with one attached hydrogen (secondary N) is 2. The number of aliphatic imine (C=N–C) groups is 1. The van der Waals surface area contributed by atoms with Gasteiger partial charge in [0.25, 0.3) is 0 Å². The molecule has 30 heavy (non-hydrogen) atoms. The van der Waals surface area contributed by atoms with Crippen LogP contribution in [0.3, 0.4) is 0 Å². The summed E-state index contributed by atoms with van der Waals surface area (Å²) < 4.78 is 36.6. The van der Waals surface area contributed by atoms with Crippen molar-refractivity contribution in [3.05, 3.63) is 53.6 Å². The van der Waals surface area contributed by atoms with Gasteiger partial charge in [-0.05, 0) is 36.9 Å². The van der Waals surface area contributed by atoms with Crippen LogP contribution >= 0.6 is 24.0 Å². The van der Waals surface area contributed by atoms with Crippen molar-refractivity contribution in [2.45, 2.75) is 18.0 Å². The van der Waals surface area contributed by atoms with Gasteiger partial charge in [0.2, 0.25) is 10.0 Å². The molecular formula is C20H29IN4O4S. The Kier molecular flexibility index (Phi) is 10.4. The number of hydrogen-bond donors (Lipinski definition) is 2. The number of rotatable bonds is 8. The zero-order valence-corrected chi connectivity index (χ0v) is 20.9. The Morgan fingerprint density at radius 2 is 1.77 bits per heavy atom. The molecule has 0 aliphatic rings. The largest absolute Gasteiger partial charge is 0.497 e. The first-order valence-electron chi connectivity index (χ1n) is 8.99. The second kappa shape index (κ2) is 12.0. The molecule has 2 N–H and O–H groups in total. The van der Waals surface area contributed by atoms with Crippen molar-refractivity contribution in [1.82, 2.24) is 14.9 Å². The summed E-state index contributed by atoms with van der Waals surface area (Å²) in [6.45, 7) is 1.10. The standard InChI is InChI=1S/C20H28N4O4S.HI/c1-21-20(23-13-15-6-10-18(11-7-15)29(25,26)22-2)24(3)14-16-8-9-17(27-4)12-19(16)28-5;/h6-12,22H,13-14H2,1-5H3,(H,21,23);1H. The van der Waals surface area contributed by atoms with E-state index in [2.05, 4.69) is 15.0 Å². The minimum absolute atomic E-state index is 0. The zero-order valence-electron chi connectivity index (χ0n) is 17.8. The maximum absolute atomic E-state index is 11.8. The molecule has 2 aromatic rings. The van der Waals surface area contributed by atoms with Crippen molar-refractivity contribution in [3.63, 3.8) is 0 Å². The molecule has 2 rings (SSSR count). The molecule has 0 amide bonds. The molecule has 2 aromatic carbocycles. The minimum Gasteiger partial charge on any atom is -0.497 e. The van der Waals surface area contributed by atoms with Crippen LogP contribution < -0.4 is 19.5 Å². The van der Waals surface area contributed by atoms with Gasteiger partial charge in [-0.25, -0.2) is 13.1 Å². The number of methoxy groups -OCH3 is 2. The van der Waals surface area contributed by atoms with Crippen LogP contribution in [0.4, 0.5) is 0 Å². The lowest BCUT2D eigenvalue weighted by Gasteiger charge is -2.23. The van der Waals surface area contributed by atoms with E-state index in [1.807, 2.05) is 30.1 Å². The molecule has 8 nitrogen and oxygen atoms in total. The molecule has 0 aliphatic heterocycles. The third-order valence-corrected chi connectivity index (χ3v) is 5.86. The fourth-order valence-electron chi connectivity index (χ4n) is 2.78. The highest BCUT2D eigenvalue weighted by atomic mass is 127. The molecule has 0 spiro atoms. The molecule has 0 atom stereocenters. The van der Waals surface area contributed by atoms with Crippen LogP contribution in [0.25, 0.3) is 0 Å². The lowest BCUT2D eigenvalue weighted by Crippen LogP contribution is -2.38. The number of ether oxygens (including phenoxy) is 2. The number of halogens is 1. The summed E-state index contributed by atoms with van der Waals surface area (Å²) >= 11 is 0. The Morgan fingerprint density at radius 3 is 2.30 bits per heavy atom. The van der Waals surface area contributed by atoms with Crippen molar-refractivity contribution >= 4 is 40.0 Å². The highest BCUT2D eigenvalue weighted by molar-refractivity contribution is 14.0. The van der Waals surface area contributed by atoms with Crippen molar-refractivity contribution in [3.8, 4) is 11.5 Å². The van der Waals surface area contributed by atoms with Gasteiger partial charge in [-0.2, -0.15) is 0 Å². The van der Waals surface area contributed by atoms with E-state index in [4.69, 9.17) is 9.47 Å². The maximum Gasteiger partial charge on any atom is 0.240 e. The van der Waals surface area contributed by atoms with E-state index >= 15 is 0 Å². The van der Waals surface area contributed by atoms with Crippen LogP contribution in [-0.4, -0.2) is 54.6 Å². The monoisotopic (exact) mass is 548 g/mol. The van der Waals surface area contributed by atoms with Crippen LogP contribution in [0.1, 0.15) is 11.1 Å². The zero-order chi connectivity index (χ0) is 21.4. The fraction of sp³-hybridized carbons (Fsp3) is 0.350. The molecule has 0 heterocycles. The van der Waals surface area contributed by atoms with Crippen LogP contribution in [0.15, 0.2) is 52.4 Å². The summed E-state index contributed by atoms with van der Waals surface area (Å²) in [6.07, 6.45) is 0. The summed E-state index contributed by atoms with van der Waals surface area (Å²) in [6, 6.07) is 12.4. The summed E-state index contributed by atoms with van der Waals surface area (Å²) in [5.74, 6) is 2.18. The number of hydrogen-bond acceptors (Lipinski definition) is 5. The van der Waals surface area contributed by atoms with Gasteiger partial charge < -0.3 is 19.7 Å². The van der Waals surface area contributed by atoms with Gasteiger partial charge in [0.15, 0.2) is 5.96 Å². The Hall–Kier alpha value is -2.05. The third-order valence-electron chi connectivity index (χ3n) is 4.43.